The number of aromatic nitrogens is 1. The molecule has 2 aromatic rings. The van der Waals surface area contributed by atoms with Crippen molar-refractivity contribution in [3.8, 4) is 16.6 Å². The third-order valence-electron chi connectivity index (χ3n) is 2.58. The number of hydrogen-bond acceptors (Lipinski definition) is 4. The molecule has 0 aliphatic rings. The molecule has 1 N–H and O–H groups in total. The van der Waals surface area contributed by atoms with Crippen LogP contribution in [-0.4, -0.2) is 10.9 Å². The highest BCUT2D eigenvalue weighted by Gasteiger charge is 2.09. The Kier molecular flexibility index (Phi) is 4.26. The quantitative estimate of drug-likeness (QED) is 0.929. The van der Waals surface area contributed by atoms with Gasteiger partial charge in [-0.1, -0.05) is 24.3 Å². The van der Waals surface area contributed by atoms with Crippen molar-refractivity contribution < 1.29 is 4.79 Å². The van der Waals surface area contributed by atoms with Gasteiger partial charge in [0.2, 0.25) is 5.91 Å². The second kappa shape index (κ2) is 6.12. The first-order chi connectivity index (χ1) is 9.20. The Bertz CT molecular complexity index is 628. The lowest BCUT2D eigenvalue weighted by Crippen LogP contribution is -2.22. The Labute approximate surface area is 115 Å². The molecule has 0 atom stereocenters. The Morgan fingerprint density at radius 3 is 2.95 bits per heavy atom. The molecule has 1 aromatic heterocycles. The van der Waals surface area contributed by atoms with E-state index in [-0.39, 0.29) is 12.3 Å². The molecule has 0 radical (unpaired) electrons. The highest BCUT2D eigenvalue weighted by atomic mass is 32.1. The predicted molar refractivity (Wildman–Crippen MR) is 74.4 cm³/mol. The molecule has 0 fully saturated rings. The fraction of sp³-hybridized carbons (Fsp3) is 0.214. The summed E-state index contributed by atoms with van der Waals surface area (Å²) in [4.78, 5) is 15.8. The fourth-order valence-electron chi connectivity index (χ4n) is 1.69. The molecule has 0 saturated heterocycles. The summed E-state index contributed by atoms with van der Waals surface area (Å²) in [5.74, 6) is -0.257. The normalized spacial score (nSPS) is 9.89. The molecule has 1 aromatic carbocycles. The standard InChI is InChI=1S/C14H13N3OS/c1-10-9-19-14(17-10)12-5-3-2-4-11(12)8-16-13(18)6-7-15/h2-5,9H,6,8H2,1H3,(H,16,18). The fourth-order valence-corrected chi connectivity index (χ4v) is 2.55. The molecule has 0 saturated carbocycles. The van der Waals surface area contributed by atoms with Gasteiger partial charge in [0.15, 0.2) is 0 Å². The first-order valence-corrected chi connectivity index (χ1v) is 6.72. The maximum Gasteiger partial charge on any atom is 0.234 e. The van der Waals surface area contributed by atoms with E-state index in [1.54, 1.807) is 11.3 Å². The summed E-state index contributed by atoms with van der Waals surface area (Å²) in [6.07, 6.45) is -0.113. The van der Waals surface area contributed by atoms with Crippen molar-refractivity contribution in [2.45, 2.75) is 19.9 Å². The minimum atomic E-state index is -0.257. The number of aryl methyl sites for hydroxylation is 1. The molecule has 1 heterocycles. The van der Waals surface area contributed by atoms with E-state index >= 15 is 0 Å². The van der Waals surface area contributed by atoms with Crippen molar-refractivity contribution in [1.29, 1.82) is 5.26 Å². The number of carbonyl (C=O) groups is 1. The lowest BCUT2D eigenvalue weighted by molar-refractivity contribution is -0.120. The smallest absolute Gasteiger partial charge is 0.234 e. The van der Waals surface area contributed by atoms with Gasteiger partial charge in [-0.2, -0.15) is 5.26 Å². The van der Waals surface area contributed by atoms with Crippen LogP contribution in [0.5, 0.6) is 0 Å². The summed E-state index contributed by atoms with van der Waals surface area (Å²) in [7, 11) is 0. The highest BCUT2D eigenvalue weighted by molar-refractivity contribution is 7.13. The van der Waals surface area contributed by atoms with Crippen LogP contribution in [0.3, 0.4) is 0 Å². The molecule has 4 nitrogen and oxygen atoms in total. The molecule has 0 aliphatic carbocycles. The van der Waals surface area contributed by atoms with Crippen molar-refractivity contribution in [3.05, 3.63) is 40.9 Å². The van der Waals surface area contributed by atoms with Crippen molar-refractivity contribution in [1.82, 2.24) is 10.3 Å². The van der Waals surface area contributed by atoms with Crippen molar-refractivity contribution in [2.24, 2.45) is 0 Å². The van der Waals surface area contributed by atoms with Crippen LogP contribution in [0.4, 0.5) is 0 Å². The number of amides is 1. The number of hydrogen-bond donors (Lipinski definition) is 1. The van der Waals surface area contributed by atoms with Crippen LogP contribution in [-0.2, 0) is 11.3 Å². The first-order valence-electron chi connectivity index (χ1n) is 5.85. The Hall–Kier alpha value is -2.19. The molecule has 5 heteroatoms. The number of nitrogens with one attached hydrogen (secondary N) is 1. The van der Waals surface area contributed by atoms with Gasteiger partial charge < -0.3 is 5.32 Å². The summed E-state index contributed by atoms with van der Waals surface area (Å²) in [6.45, 7) is 2.37. The molecule has 0 aliphatic heterocycles. The van der Waals surface area contributed by atoms with Crippen LogP contribution in [0, 0.1) is 18.3 Å². The van der Waals surface area contributed by atoms with E-state index < -0.39 is 0 Å². The molecular formula is C14H13N3OS. The number of nitriles is 1. The van der Waals surface area contributed by atoms with Crippen LogP contribution in [0.2, 0.25) is 0 Å². The molecule has 0 unspecified atom stereocenters. The summed E-state index contributed by atoms with van der Waals surface area (Å²) in [5, 5.41) is 14.1. The maximum atomic E-state index is 11.3. The number of rotatable bonds is 4. The monoisotopic (exact) mass is 271 g/mol. The number of thiazole rings is 1. The number of benzene rings is 1. The lowest BCUT2D eigenvalue weighted by Gasteiger charge is -2.07. The van der Waals surface area contributed by atoms with Crippen LogP contribution < -0.4 is 5.32 Å². The summed E-state index contributed by atoms with van der Waals surface area (Å²) >= 11 is 1.59. The predicted octanol–water partition coefficient (Wildman–Crippen LogP) is 2.65. The van der Waals surface area contributed by atoms with Gasteiger partial charge in [-0.15, -0.1) is 11.3 Å². The molecule has 1 amide bonds. The van der Waals surface area contributed by atoms with E-state index in [0.717, 1.165) is 21.8 Å². The van der Waals surface area contributed by atoms with Gasteiger partial charge in [0.1, 0.15) is 11.4 Å². The largest absolute Gasteiger partial charge is 0.351 e. The minimum Gasteiger partial charge on any atom is -0.351 e. The molecule has 96 valence electrons. The van der Waals surface area contributed by atoms with E-state index in [2.05, 4.69) is 10.3 Å². The van der Waals surface area contributed by atoms with Gasteiger partial charge in [-0.25, -0.2) is 4.98 Å². The summed E-state index contributed by atoms with van der Waals surface area (Å²) < 4.78 is 0. The number of carbonyl (C=O) groups excluding carboxylic acids is 1. The minimum absolute atomic E-state index is 0.113. The van der Waals surface area contributed by atoms with Gasteiger partial charge >= 0.3 is 0 Å². The van der Waals surface area contributed by atoms with Crippen LogP contribution in [0.15, 0.2) is 29.6 Å². The maximum absolute atomic E-state index is 11.3. The second-order valence-corrected chi connectivity index (χ2v) is 4.92. The third-order valence-corrected chi connectivity index (χ3v) is 3.58. The van der Waals surface area contributed by atoms with Crippen LogP contribution in [0.25, 0.3) is 10.6 Å². The first kappa shape index (κ1) is 13.2. The Morgan fingerprint density at radius 1 is 1.47 bits per heavy atom. The zero-order valence-corrected chi connectivity index (χ0v) is 11.3. The van der Waals surface area contributed by atoms with Gasteiger partial charge in [-0.3, -0.25) is 4.79 Å². The molecule has 2 rings (SSSR count). The zero-order chi connectivity index (χ0) is 13.7. The zero-order valence-electron chi connectivity index (χ0n) is 10.5. The highest BCUT2D eigenvalue weighted by Crippen LogP contribution is 2.26. The lowest BCUT2D eigenvalue weighted by atomic mass is 10.1. The SMILES string of the molecule is Cc1csc(-c2ccccc2CNC(=O)CC#N)n1. The van der Waals surface area contributed by atoms with E-state index in [1.165, 1.54) is 0 Å². The van der Waals surface area contributed by atoms with Gasteiger partial charge in [-0.05, 0) is 12.5 Å². The van der Waals surface area contributed by atoms with Gasteiger partial charge in [0.05, 0.1) is 6.07 Å². The average Bonchev–Trinajstić information content (AvgIpc) is 2.84. The Morgan fingerprint density at radius 2 is 2.26 bits per heavy atom. The summed E-state index contributed by atoms with van der Waals surface area (Å²) in [5.41, 5.74) is 3.02. The average molecular weight is 271 g/mol. The third kappa shape index (κ3) is 3.39. The van der Waals surface area contributed by atoms with Crippen molar-refractivity contribution in [3.63, 3.8) is 0 Å². The second-order valence-electron chi connectivity index (χ2n) is 4.06. The van der Waals surface area contributed by atoms with Crippen LogP contribution >= 0.6 is 11.3 Å². The van der Waals surface area contributed by atoms with Gasteiger partial charge in [0.25, 0.3) is 0 Å². The molecule has 0 bridgehead atoms. The van der Waals surface area contributed by atoms with E-state index in [1.807, 2.05) is 42.6 Å². The molecular weight excluding hydrogens is 258 g/mol. The Balaban J connectivity index is 2.18. The molecule has 19 heavy (non-hydrogen) atoms. The van der Waals surface area contributed by atoms with E-state index in [0.29, 0.717) is 6.54 Å². The van der Waals surface area contributed by atoms with Crippen molar-refractivity contribution >= 4 is 17.2 Å². The van der Waals surface area contributed by atoms with E-state index in [4.69, 9.17) is 5.26 Å². The van der Waals surface area contributed by atoms with Crippen LogP contribution in [0.1, 0.15) is 17.7 Å². The van der Waals surface area contributed by atoms with E-state index in [9.17, 15) is 4.79 Å². The van der Waals surface area contributed by atoms with Crippen molar-refractivity contribution in [2.75, 3.05) is 0 Å². The summed E-state index contributed by atoms with van der Waals surface area (Å²) in [6, 6.07) is 9.66. The number of nitrogens with zero attached hydrogens (tertiary/aromatic N) is 2. The van der Waals surface area contributed by atoms with Gasteiger partial charge in [0, 0.05) is 23.2 Å². The topological polar surface area (TPSA) is 65.8 Å². The molecule has 0 spiro atoms.